The molecule has 2 atom stereocenters. The summed E-state index contributed by atoms with van der Waals surface area (Å²) in [5.41, 5.74) is 8.77. The van der Waals surface area contributed by atoms with Gasteiger partial charge in [-0.2, -0.15) is 0 Å². The van der Waals surface area contributed by atoms with Crippen LogP contribution in [0, 0.1) is 0 Å². The molecule has 0 aliphatic carbocycles. The molecule has 11 nitrogen and oxygen atoms in total. The number of hydrogen-bond donors (Lipinski definition) is 1. The molecule has 2 aliphatic heterocycles. The quantitative estimate of drug-likeness (QED) is 0.178. The summed E-state index contributed by atoms with van der Waals surface area (Å²) >= 11 is 3.37. The first-order chi connectivity index (χ1) is 23.4. The van der Waals surface area contributed by atoms with Crippen LogP contribution >= 0.6 is 15.9 Å². The van der Waals surface area contributed by atoms with Gasteiger partial charge in [-0.3, -0.25) is 19.6 Å². The Morgan fingerprint density at radius 2 is 1.19 bits per heavy atom. The molecule has 4 aromatic rings. The number of rotatable bonds is 10. The first kappa shape index (κ1) is 35.1. The van der Waals surface area contributed by atoms with Crippen LogP contribution in [0.15, 0.2) is 102 Å². The number of nitrogens with zero attached hydrogens (tertiary/aromatic N) is 4. The van der Waals surface area contributed by atoms with Crippen molar-refractivity contribution in [2.45, 2.75) is 64.2 Å². The summed E-state index contributed by atoms with van der Waals surface area (Å²) in [6, 6.07) is 26.1. The molecule has 0 spiro atoms. The van der Waals surface area contributed by atoms with E-state index in [1.807, 2.05) is 60.7 Å². The predicted molar refractivity (Wildman–Crippen MR) is 183 cm³/mol. The summed E-state index contributed by atoms with van der Waals surface area (Å²) in [5, 5.41) is 2.66. The van der Waals surface area contributed by atoms with E-state index in [0.29, 0.717) is 37.7 Å². The number of anilines is 1. The zero-order valence-corrected chi connectivity index (χ0v) is 28.2. The molecule has 2 aromatic heterocycles. The molecule has 2 saturated heterocycles. The van der Waals surface area contributed by atoms with Crippen LogP contribution in [0.25, 0.3) is 0 Å². The highest BCUT2D eigenvalue weighted by molar-refractivity contribution is 9.10. The molecule has 12 heteroatoms. The van der Waals surface area contributed by atoms with Gasteiger partial charge in [0, 0.05) is 48.6 Å². The topological polar surface area (TPSA) is 129 Å². The molecule has 2 fully saturated rings. The summed E-state index contributed by atoms with van der Waals surface area (Å²) in [6.45, 7) is 1.96. The van der Waals surface area contributed by atoms with Crippen LogP contribution < -0.4 is 5.73 Å². The lowest BCUT2D eigenvalue weighted by Crippen LogP contribution is -2.37. The Balaban J connectivity index is 0.000000188. The number of carbonyl (C=O) groups is 2. The summed E-state index contributed by atoms with van der Waals surface area (Å²) in [6.07, 6.45) is 7.96. The van der Waals surface area contributed by atoms with E-state index in [0.717, 1.165) is 54.1 Å². The van der Waals surface area contributed by atoms with Crippen molar-refractivity contribution in [1.29, 1.82) is 0 Å². The Labute approximate surface area is 289 Å². The van der Waals surface area contributed by atoms with Gasteiger partial charge in [-0.25, -0.2) is 19.8 Å². The lowest BCUT2D eigenvalue weighted by Gasteiger charge is -2.29. The number of carbonyl (C=O) groups excluding carboxylic acids is 2. The number of hydrogen-bond acceptors (Lipinski definition) is 9. The fourth-order valence-electron chi connectivity index (χ4n) is 5.03. The number of aromatic nitrogens is 2. The summed E-state index contributed by atoms with van der Waals surface area (Å²) in [7, 11) is 0. The Hall–Kier alpha value is -4.20. The molecule has 4 heterocycles. The van der Waals surface area contributed by atoms with Crippen molar-refractivity contribution in [1.82, 2.24) is 20.1 Å². The monoisotopic (exact) mass is 717 g/mol. The van der Waals surface area contributed by atoms with Gasteiger partial charge in [-0.15, -0.1) is 0 Å². The van der Waals surface area contributed by atoms with Gasteiger partial charge in [0.25, 0.3) is 11.8 Å². The van der Waals surface area contributed by atoms with Crippen LogP contribution in [0.2, 0.25) is 0 Å². The van der Waals surface area contributed by atoms with Crippen molar-refractivity contribution in [2.24, 2.45) is 0 Å². The number of nitrogen functional groups attached to an aromatic ring is 1. The van der Waals surface area contributed by atoms with Gasteiger partial charge in [0.1, 0.15) is 11.4 Å². The van der Waals surface area contributed by atoms with E-state index in [2.05, 4.69) is 25.9 Å². The molecule has 0 bridgehead atoms. The maximum atomic E-state index is 12.8. The second-order valence-electron chi connectivity index (χ2n) is 11.3. The highest BCUT2D eigenvalue weighted by Crippen LogP contribution is 2.21. The smallest absolute Gasteiger partial charge is 0.296 e. The minimum atomic E-state index is -0.410. The average Bonchev–Trinajstić information content (AvgIpc) is 3.12. The molecule has 252 valence electrons. The van der Waals surface area contributed by atoms with Crippen LogP contribution in [-0.2, 0) is 32.2 Å². The van der Waals surface area contributed by atoms with Crippen molar-refractivity contribution in [3.63, 3.8) is 0 Å². The predicted octanol–water partition coefficient (Wildman–Crippen LogP) is 6.71. The summed E-state index contributed by atoms with van der Waals surface area (Å²) < 4.78 is 12.0. The van der Waals surface area contributed by atoms with Crippen LogP contribution in [-0.4, -0.2) is 57.7 Å². The largest absolute Gasteiger partial charge is 0.399 e. The van der Waals surface area contributed by atoms with E-state index >= 15 is 0 Å². The van der Waals surface area contributed by atoms with E-state index in [9.17, 15) is 9.59 Å². The molecule has 2 N–H and O–H groups in total. The number of pyridine rings is 2. The highest BCUT2D eigenvalue weighted by Gasteiger charge is 2.26. The first-order valence-electron chi connectivity index (χ1n) is 16.1. The zero-order valence-electron chi connectivity index (χ0n) is 26.7. The van der Waals surface area contributed by atoms with Crippen molar-refractivity contribution < 1.29 is 28.7 Å². The van der Waals surface area contributed by atoms with Crippen molar-refractivity contribution in [3.8, 4) is 0 Å². The molecule has 6 rings (SSSR count). The van der Waals surface area contributed by atoms with Gasteiger partial charge in [-0.1, -0.05) is 76.6 Å². The van der Waals surface area contributed by atoms with Crippen LogP contribution in [0.4, 0.5) is 5.69 Å². The molecule has 2 aliphatic rings. The number of hydroxylamine groups is 4. The number of amides is 2. The van der Waals surface area contributed by atoms with Gasteiger partial charge in [0.05, 0.1) is 13.1 Å². The molecule has 0 saturated carbocycles. The van der Waals surface area contributed by atoms with Crippen molar-refractivity contribution >= 4 is 33.4 Å². The maximum absolute atomic E-state index is 12.8. The highest BCUT2D eigenvalue weighted by atomic mass is 79.9. The van der Waals surface area contributed by atoms with Crippen molar-refractivity contribution in [2.75, 3.05) is 18.9 Å². The summed E-state index contributed by atoms with van der Waals surface area (Å²) in [4.78, 5) is 45.6. The number of benzene rings is 2. The average molecular weight is 719 g/mol. The lowest BCUT2D eigenvalue weighted by atomic mass is 10.2. The SMILES string of the molecule is Nc1ccnc(C(=O)N(Cc2ccccc2)OC2CCCCO2)c1.O=C(c1cc(Br)ccn1)N(Cc1ccccc1)OC1CCCCO1. The standard InChI is InChI=1S/C18H19BrN2O3.C18H21N3O3/c2*19-15-9-10-20-16(12-15)18(22)21(13-14-6-2-1-3-7-14)24-17-8-4-5-11-23-17/h1-3,6-7,9-10,12,17H,4-5,8,11,13H2;1-3,6-7,9-10,12,17H,4-5,8,11,13H2,(H2,19,20). The van der Waals surface area contributed by atoms with E-state index in [-0.39, 0.29) is 17.5 Å². The van der Waals surface area contributed by atoms with Gasteiger partial charge >= 0.3 is 0 Å². The second-order valence-corrected chi connectivity index (χ2v) is 12.2. The zero-order chi connectivity index (χ0) is 33.6. The maximum Gasteiger partial charge on any atom is 0.296 e. The third-order valence-electron chi connectivity index (χ3n) is 7.50. The first-order valence-corrected chi connectivity index (χ1v) is 16.9. The third-order valence-corrected chi connectivity index (χ3v) is 7.99. The Morgan fingerprint density at radius 1 is 0.708 bits per heavy atom. The number of ether oxygens (including phenoxy) is 2. The van der Waals surface area contributed by atoms with E-state index in [1.165, 1.54) is 16.3 Å². The minimum absolute atomic E-state index is 0.252. The molecular weight excluding hydrogens is 678 g/mol. The molecule has 0 radical (unpaired) electrons. The van der Waals surface area contributed by atoms with Gasteiger partial charge in [0.2, 0.25) is 0 Å². The summed E-state index contributed by atoms with van der Waals surface area (Å²) in [5.74, 6) is -0.616. The molecule has 2 amide bonds. The fraction of sp³-hybridized carbons (Fsp3) is 0.333. The van der Waals surface area contributed by atoms with Gasteiger partial charge < -0.3 is 15.2 Å². The Bertz CT molecular complexity index is 1470. The van der Waals surface area contributed by atoms with E-state index in [4.69, 9.17) is 24.9 Å². The van der Waals surface area contributed by atoms with E-state index in [1.54, 1.807) is 30.5 Å². The van der Waals surface area contributed by atoms with Crippen LogP contribution in [0.5, 0.6) is 0 Å². The minimum Gasteiger partial charge on any atom is -0.399 e. The normalized spacial score (nSPS) is 17.4. The van der Waals surface area contributed by atoms with Gasteiger partial charge in [0.15, 0.2) is 12.6 Å². The molecule has 2 unspecified atom stereocenters. The molecule has 2 aromatic carbocycles. The van der Waals surface area contributed by atoms with Gasteiger partial charge in [-0.05, 0) is 61.1 Å². The number of halogens is 1. The lowest BCUT2D eigenvalue weighted by molar-refractivity contribution is -0.270. The Kier molecular flexibility index (Phi) is 13.4. The fourth-order valence-corrected chi connectivity index (χ4v) is 5.36. The molecular formula is C36H40BrN5O6. The van der Waals surface area contributed by atoms with Crippen LogP contribution in [0.3, 0.4) is 0 Å². The Morgan fingerprint density at radius 3 is 1.62 bits per heavy atom. The third kappa shape index (κ3) is 10.9. The number of nitrogens with two attached hydrogens (primary N) is 1. The molecule has 48 heavy (non-hydrogen) atoms. The van der Waals surface area contributed by atoms with Crippen LogP contribution in [0.1, 0.15) is 70.6 Å². The van der Waals surface area contributed by atoms with E-state index < -0.39 is 12.6 Å². The van der Waals surface area contributed by atoms with Crippen molar-refractivity contribution in [3.05, 3.63) is 124 Å². The second kappa shape index (κ2) is 18.4.